The van der Waals surface area contributed by atoms with Gasteiger partial charge >= 0.3 is 0 Å². The standard InChI is InChI=1S/C24H25FN2O/c1-3-7-18-10-12-21(22(25)14-18)19-11-13-23-24(15-19)26-16-20(27-23)9-6-4-5-8-17(2)28/h3,6,9-17,28H,1,4-5,7-8H2,2H3. The summed E-state index contributed by atoms with van der Waals surface area (Å²) in [5.74, 6) is -0.247. The first-order chi connectivity index (χ1) is 13.6. The van der Waals surface area contributed by atoms with Crippen LogP contribution in [0.5, 0.6) is 0 Å². The second-order valence-electron chi connectivity index (χ2n) is 6.99. The molecule has 1 atom stereocenters. The molecular formula is C24H25FN2O. The van der Waals surface area contributed by atoms with Gasteiger partial charge in [-0.2, -0.15) is 0 Å². The van der Waals surface area contributed by atoms with E-state index in [1.54, 1.807) is 31.3 Å². The third kappa shape index (κ3) is 5.11. The van der Waals surface area contributed by atoms with E-state index in [0.717, 1.165) is 47.1 Å². The number of aromatic nitrogens is 2. The first-order valence-corrected chi connectivity index (χ1v) is 9.58. The van der Waals surface area contributed by atoms with Gasteiger partial charge in [0.1, 0.15) is 5.82 Å². The van der Waals surface area contributed by atoms with E-state index in [1.807, 2.05) is 36.4 Å². The summed E-state index contributed by atoms with van der Waals surface area (Å²) in [6.07, 6.45) is 10.5. The van der Waals surface area contributed by atoms with Crippen LogP contribution in [0.2, 0.25) is 0 Å². The van der Waals surface area contributed by atoms with Gasteiger partial charge in [0.15, 0.2) is 0 Å². The van der Waals surface area contributed by atoms with E-state index in [1.165, 1.54) is 0 Å². The van der Waals surface area contributed by atoms with Gasteiger partial charge in [-0.1, -0.05) is 30.4 Å². The van der Waals surface area contributed by atoms with E-state index in [-0.39, 0.29) is 11.9 Å². The second-order valence-corrected chi connectivity index (χ2v) is 6.99. The van der Waals surface area contributed by atoms with Gasteiger partial charge in [0.2, 0.25) is 0 Å². The van der Waals surface area contributed by atoms with Crippen LogP contribution in [0.4, 0.5) is 4.39 Å². The van der Waals surface area contributed by atoms with E-state index >= 15 is 0 Å². The number of hydrogen-bond donors (Lipinski definition) is 1. The quantitative estimate of drug-likeness (QED) is 0.403. The Morgan fingerprint density at radius 3 is 2.79 bits per heavy atom. The van der Waals surface area contributed by atoms with Crippen LogP contribution in [0.15, 0.2) is 61.3 Å². The first-order valence-electron chi connectivity index (χ1n) is 9.58. The van der Waals surface area contributed by atoms with Gasteiger partial charge in [-0.3, -0.25) is 4.98 Å². The minimum Gasteiger partial charge on any atom is -0.393 e. The number of fused-ring (bicyclic) bond motifs is 1. The van der Waals surface area contributed by atoms with Crippen LogP contribution in [0.25, 0.3) is 28.2 Å². The van der Waals surface area contributed by atoms with Crippen molar-refractivity contribution in [3.05, 3.63) is 78.4 Å². The van der Waals surface area contributed by atoms with Crippen molar-refractivity contribution in [1.29, 1.82) is 0 Å². The maximum atomic E-state index is 14.5. The summed E-state index contributed by atoms with van der Waals surface area (Å²) in [5.41, 5.74) is 4.54. The average Bonchev–Trinajstić information content (AvgIpc) is 2.67. The molecule has 1 unspecified atom stereocenters. The van der Waals surface area contributed by atoms with Crippen LogP contribution in [0, 0.1) is 5.82 Å². The van der Waals surface area contributed by atoms with E-state index in [4.69, 9.17) is 0 Å². The number of nitrogens with zero attached hydrogens (tertiary/aromatic N) is 2. The predicted molar refractivity (Wildman–Crippen MR) is 113 cm³/mol. The zero-order valence-electron chi connectivity index (χ0n) is 16.1. The van der Waals surface area contributed by atoms with Crippen LogP contribution in [-0.4, -0.2) is 21.2 Å². The Balaban J connectivity index is 1.78. The Labute approximate surface area is 165 Å². The minimum absolute atomic E-state index is 0.247. The van der Waals surface area contributed by atoms with Crippen molar-refractivity contribution in [3.63, 3.8) is 0 Å². The summed E-state index contributed by atoms with van der Waals surface area (Å²) in [6, 6.07) is 10.9. The number of rotatable bonds is 8. The number of benzene rings is 2. The maximum Gasteiger partial charge on any atom is 0.131 e. The summed E-state index contributed by atoms with van der Waals surface area (Å²) in [4.78, 5) is 9.08. The number of halogens is 1. The third-order valence-corrected chi connectivity index (χ3v) is 4.57. The lowest BCUT2D eigenvalue weighted by Crippen LogP contribution is -1.97. The highest BCUT2D eigenvalue weighted by atomic mass is 19.1. The summed E-state index contributed by atoms with van der Waals surface area (Å²) < 4.78 is 14.5. The molecule has 3 aromatic rings. The van der Waals surface area contributed by atoms with Crippen molar-refractivity contribution in [2.45, 2.75) is 38.7 Å². The van der Waals surface area contributed by atoms with Crippen LogP contribution in [0.1, 0.15) is 37.4 Å². The van der Waals surface area contributed by atoms with Crippen molar-refractivity contribution in [2.24, 2.45) is 0 Å². The molecule has 144 valence electrons. The lowest BCUT2D eigenvalue weighted by Gasteiger charge is -2.07. The van der Waals surface area contributed by atoms with Crippen LogP contribution < -0.4 is 0 Å². The molecule has 0 radical (unpaired) electrons. The maximum absolute atomic E-state index is 14.5. The van der Waals surface area contributed by atoms with Crippen molar-refractivity contribution in [3.8, 4) is 11.1 Å². The zero-order valence-corrected chi connectivity index (χ0v) is 16.1. The lowest BCUT2D eigenvalue weighted by molar-refractivity contribution is 0.182. The highest BCUT2D eigenvalue weighted by molar-refractivity contribution is 5.82. The molecule has 4 heteroatoms. The fourth-order valence-electron chi connectivity index (χ4n) is 3.09. The summed E-state index contributed by atoms with van der Waals surface area (Å²) >= 11 is 0. The van der Waals surface area contributed by atoms with Crippen LogP contribution >= 0.6 is 0 Å². The van der Waals surface area contributed by atoms with E-state index < -0.39 is 0 Å². The highest BCUT2D eigenvalue weighted by Gasteiger charge is 2.08. The Morgan fingerprint density at radius 2 is 2.04 bits per heavy atom. The van der Waals surface area contributed by atoms with Gasteiger partial charge in [0.25, 0.3) is 0 Å². The fraction of sp³-hybridized carbons (Fsp3) is 0.250. The van der Waals surface area contributed by atoms with Gasteiger partial charge in [0.05, 0.1) is 29.0 Å². The van der Waals surface area contributed by atoms with Gasteiger partial charge in [-0.25, -0.2) is 9.37 Å². The zero-order chi connectivity index (χ0) is 19.9. The normalized spacial score (nSPS) is 12.5. The van der Waals surface area contributed by atoms with Crippen LogP contribution in [-0.2, 0) is 6.42 Å². The average molecular weight is 376 g/mol. The van der Waals surface area contributed by atoms with Crippen molar-refractivity contribution in [2.75, 3.05) is 0 Å². The number of aliphatic hydroxyl groups excluding tert-OH is 1. The first kappa shape index (κ1) is 19.9. The SMILES string of the molecule is C=CCc1ccc(-c2ccc3nc(C=CCCCC(C)O)cnc3c2)c(F)c1. The Kier molecular flexibility index (Phi) is 6.66. The molecule has 0 fully saturated rings. The van der Waals surface area contributed by atoms with Gasteiger partial charge in [-0.15, -0.1) is 6.58 Å². The number of allylic oxidation sites excluding steroid dienone is 2. The Hall–Kier alpha value is -2.85. The van der Waals surface area contributed by atoms with E-state index in [2.05, 4.69) is 16.5 Å². The van der Waals surface area contributed by atoms with Gasteiger partial charge in [0, 0.05) is 5.56 Å². The molecule has 1 heterocycles. The van der Waals surface area contributed by atoms with Crippen molar-refractivity contribution >= 4 is 17.1 Å². The second kappa shape index (κ2) is 9.38. The molecule has 1 N–H and O–H groups in total. The summed E-state index contributed by atoms with van der Waals surface area (Å²) in [7, 11) is 0. The fourth-order valence-corrected chi connectivity index (χ4v) is 3.09. The van der Waals surface area contributed by atoms with E-state index in [0.29, 0.717) is 12.0 Å². The summed E-state index contributed by atoms with van der Waals surface area (Å²) in [5, 5.41) is 9.27. The highest BCUT2D eigenvalue weighted by Crippen LogP contribution is 2.26. The molecule has 0 bridgehead atoms. The molecular weight excluding hydrogens is 351 g/mol. The van der Waals surface area contributed by atoms with Crippen LogP contribution in [0.3, 0.4) is 0 Å². The molecule has 0 aliphatic heterocycles. The third-order valence-electron chi connectivity index (χ3n) is 4.57. The molecule has 28 heavy (non-hydrogen) atoms. The molecule has 0 aliphatic rings. The monoisotopic (exact) mass is 376 g/mol. The van der Waals surface area contributed by atoms with Gasteiger partial charge in [-0.05, 0) is 68.0 Å². The molecule has 2 aromatic carbocycles. The van der Waals surface area contributed by atoms with Gasteiger partial charge < -0.3 is 5.11 Å². The molecule has 0 amide bonds. The molecule has 0 saturated heterocycles. The number of aliphatic hydroxyl groups is 1. The molecule has 0 spiro atoms. The van der Waals surface area contributed by atoms with Crippen molar-refractivity contribution in [1.82, 2.24) is 9.97 Å². The largest absolute Gasteiger partial charge is 0.393 e. The topological polar surface area (TPSA) is 46.0 Å². The smallest absolute Gasteiger partial charge is 0.131 e. The summed E-state index contributed by atoms with van der Waals surface area (Å²) in [6.45, 7) is 5.49. The van der Waals surface area contributed by atoms with E-state index in [9.17, 15) is 9.50 Å². The number of hydrogen-bond acceptors (Lipinski definition) is 3. The lowest BCUT2D eigenvalue weighted by atomic mass is 10.0. The predicted octanol–water partition coefficient (Wildman–Crippen LogP) is 5.73. The number of unbranched alkanes of at least 4 members (excludes halogenated alkanes) is 1. The molecule has 3 rings (SSSR count). The minimum atomic E-state index is -0.258. The van der Waals surface area contributed by atoms with Crippen molar-refractivity contribution < 1.29 is 9.50 Å². The Bertz CT molecular complexity index is 995. The molecule has 0 saturated carbocycles. The Morgan fingerprint density at radius 1 is 1.18 bits per heavy atom. The molecule has 0 aliphatic carbocycles. The molecule has 3 nitrogen and oxygen atoms in total. The molecule has 1 aromatic heterocycles.